The Kier molecular flexibility index (Phi) is 6.57. The number of benzene rings is 2. The Hall–Kier alpha value is -2.54. The van der Waals surface area contributed by atoms with Gasteiger partial charge in [-0.15, -0.1) is 0 Å². The third-order valence-electron chi connectivity index (χ3n) is 4.44. The number of aliphatic hydroxyl groups is 1. The molecule has 3 rings (SSSR count). The molecule has 0 spiro atoms. The monoisotopic (exact) mass is 402 g/mol. The van der Waals surface area contributed by atoms with Crippen LogP contribution in [0, 0.1) is 0 Å². The standard InChI is InChI=1S/C21H23ClN2O4/c1-24-20-9-16(22)7-6-14(20)8-15(21(24)26)11-23-12-17(25)13-28-19-5-3-4-18(10-19)27-2/h3-10,17,23,25H,11-13H2,1-2H3. The molecule has 1 heterocycles. The highest BCUT2D eigenvalue weighted by molar-refractivity contribution is 6.31. The lowest BCUT2D eigenvalue weighted by Gasteiger charge is -2.14. The molecular weight excluding hydrogens is 380 g/mol. The molecule has 28 heavy (non-hydrogen) atoms. The minimum Gasteiger partial charge on any atom is -0.497 e. The molecular formula is C21H23ClN2O4. The summed E-state index contributed by atoms with van der Waals surface area (Å²) in [5.41, 5.74) is 1.32. The molecule has 0 aliphatic rings. The normalized spacial score (nSPS) is 12.1. The summed E-state index contributed by atoms with van der Waals surface area (Å²) in [6, 6.07) is 14.5. The van der Waals surface area contributed by atoms with Gasteiger partial charge in [0.05, 0.1) is 12.6 Å². The van der Waals surface area contributed by atoms with Gasteiger partial charge >= 0.3 is 0 Å². The number of methoxy groups -OCH3 is 1. The molecule has 0 amide bonds. The van der Waals surface area contributed by atoms with Gasteiger partial charge in [-0.1, -0.05) is 23.7 Å². The summed E-state index contributed by atoms with van der Waals surface area (Å²) in [5, 5.41) is 14.8. The summed E-state index contributed by atoms with van der Waals surface area (Å²) >= 11 is 6.02. The summed E-state index contributed by atoms with van der Waals surface area (Å²) < 4.78 is 12.3. The third-order valence-corrected chi connectivity index (χ3v) is 4.68. The number of aromatic nitrogens is 1. The lowest BCUT2D eigenvalue weighted by atomic mass is 10.1. The van der Waals surface area contributed by atoms with Crippen molar-refractivity contribution in [1.82, 2.24) is 9.88 Å². The number of nitrogens with zero attached hydrogens (tertiary/aromatic N) is 1. The molecule has 7 heteroatoms. The molecule has 0 aliphatic carbocycles. The van der Waals surface area contributed by atoms with Gasteiger partial charge in [0.2, 0.25) is 0 Å². The Morgan fingerprint density at radius 1 is 1.18 bits per heavy atom. The zero-order valence-corrected chi connectivity index (χ0v) is 16.6. The number of aryl methyl sites for hydroxylation is 1. The van der Waals surface area contributed by atoms with Gasteiger partial charge in [-0.05, 0) is 35.7 Å². The first kappa shape index (κ1) is 20.2. The van der Waals surface area contributed by atoms with Crippen LogP contribution in [0.25, 0.3) is 10.9 Å². The van der Waals surface area contributed by atoms with Crippen molar-refractivity contribution in [3.63, 3.8) is 0 Å². The Labute approximate surface area is 168 Å². The fraction of sp³-hybridized carbons (Fsp3) is 0.286. The van der Waals surface area contributed by atoms with Crippen LogP contribution in [0.1, 0.15) is 5.56 Å². The Morgan fingerprint density at radius 2 is 1.96 bits per heavy atom. The van der Waals surface area contributed by atoms with Gasteiger partial charge in [0.25, 0.3) is 5.56 Å². The maximum absolute atomic E-state index is 12.5. The number of aliphatic hydroxyl groups excluding tert-OH is 1. The fourth-order valence-electron chi connectivity index (χ4n) is 2.95. The minimum atomic E-state index is -0.714. The number of nitrogens with one attached hydrogen (secondary N) is 1. The number of halogens is 1. The van der Waals surface area contributed by atoms with E-state index in [-0.39, 0.29) is 12.2 Å². The van der Waals surface area contributed by atoms with Crippen LogP contribution in [-0.4, -0.2) is 36.0 Å². The minimum absolute atomic E-state index is 0.0932. The van der Waals surface area contributed by atoms with Crippen LogP contribution in [0.2, 0.25) is 5.02 Å². The number of hydrogen-bond acceptors (Lipinski definition) is 5. The van der Waals surface area contributed by atoms with Crippen molar-refractivity contribution in [2.24, 2.45) is 7.05 Å². The SMILES string of the molecule is COc1cccc(OCC(O)CNCc2cc3ccc(Cl)cc3n(C)c2=O)c1. The van der Waals surface area contributed by atoms with E-state index in [4.69, 9.17) is 21.1 Å². The van der Waals surface area contributed by atoms with E-state index in [2.05, 4.69) is 5.32 Å². The molecule has 1 unspecified atom stereocenters. The van der Waals surface area contributed by atoms with Crippen molar-refractivity contribution >= 4 is 22.5 Å². The molecule has 0 saturated carbocycles. The van der Waals surface area contributed by atoms with Crippen LogP contribution < -0.4 is 20.3 Å². The third kappa shape index (κ3) is 4.84. The first-order valence-corrected chi connectivity index (χ1v) is 9.29. The van der Waals surface area contributed by atoms with Gasteiger partial charge in [0.15, 0.2) is 0 Å². The molecule has 0 fully saturated rings. The van der Waals surface area contributed by atoms with Gasteiger partial charge in [0, 0.05) is 36.8 Å². The van der Waals surface area contributed by atoms with Gasteiger partial charge in [-0.25, -0.2) is 0 Å². The van der Waals surface area contributed by atoms with Gasteiger partial charge in [0.1, 0.15) is 24.2 Å². The summed E-state index contributed by atoms with van der Waals surface area (Å²) in [7, 11) is 3.31. The van der Waals surface area contributed by atoms with Gasteiger partial charge in [-0.2, -0.15) is 0 Å². The average Bonchev–Trinajstić information content (AvgIpc) is 2.70. The second-order valence-corrected chi connectivity index (χ2v) is 6.95. The van der Waals surface area contributed by atoms with Crippen molar-refractivity contribution in [1.29, 1.82) is 0 Å². The number of fused-ring (bicyclic) bond motifs is 1. The van der Waals surface area contributed by atoms with Crippen molar-refractivity contribution < 1.29 is 14.6 Å². The number of rotatable bonds is 8. The zero-order chi connectivity index (χ0) is 20.1. The second kappa shape index (κ2) is 9.10. The summed E-state index contributed by atoms with van der Waals surface area (Å²) in [6.07, 6.45) is -0.714. The molecule has 2 N–H and O–H groups in total. The molecule has 0 bridgehead atoms. The van der Waals surface area contributed by atoms with Crippen molar-refractivity contribution in [2.75, 3.05) is 20.3 Å². The lowest BCUT2D eigenvalue weighted by Crippen LogP contribution is -2.33. The predicted molar refractivity (Wildman–Crippen MR) is 110 cm³/mol. The van der Waals surface area contributed by atoms with Gasteiger partial charge in [-0.3, -0.25) is 4.79 Å². The topological polar surface area (TPSA) is 72.7 Å². The lowest BCUT2D eigenvalue weighted by molar-refractivity contribution is 0.106. The van der Waals surface area contributed by atoms with Crippen molar-refractivity contribution in [3.8, 4) is 11.5 Å². The van der Waals surface area contributed by atoms with E-state index in [0.29, 0.717) is 35.2 Å². The molecule has 6 nitrogen and oxygen atoms in total. The molecule has 3 aromatic rings. The van der Waals surface area contributed by atoms with Crippen molar-refractivity contribution in [2.45, 2.75) is 12.6 Å². The van der Waals surface area contributed by atoms with E-state index in [9.17, 15) is 9.90 Å². The molecule has 0 saturated heterocycles. The number of pyridine rings is 1. The molecule has 148 valence electrons. The fourth-order valence-corrected chi connectivity index (χ4v) is 3.11. The van der Waals surface area contributed by atoms with Gasteiger partial charge < -0.3 is 24.5 Å². The van der Waals surface area contributed by atoms with Crippen LogP contribution >= 0.6 is 11.6 Å². The second-order valence-electron chi connectivity index (χ2n) is 6.51. The highest BCUT2D eigenvalue weighted by atomic mass is 35.5. The number of ether oxygens (including phenoxy) is 2. The molecule has 1 atom stereocenters. The van der Waals surface area contributed by atoms with Crippen LogP contribution in [0.5, 0.6) is 11.5 Å². The largest absolute Gasteiger partial charge is 0.497 e. The smallest absolute Gasteiger partial charge is 0.255 e. The maximum Gasteiger partial charge on any atom is 0.255 e. The highest BCUT2D eigenvalue weighted by Crippen LogP contribution is 2.19. The predicted octanol–water partition coefficient (Wildman–Crippen LogP) is 2.73. The maximum atomic E-state index is 12.5. The Bertz CT molecular complexity index is 1020. The summed E-state index contributed by atoms with van der Waals surface area (Å²) in [5.74, 6) is 1.32. The van der Waals surface area contributed by atoms with Crippen LogP contribution in [0.15, 0.2) is 53.3 Å². The summed E-state index contributed by atoms with van der Waals surface area (Å²) in [6.45, 7) is 0.779. The molecule has 0 radical (unpaired) electrons. The average molecular weight is 403 g/mol. The molecule has 2 aromatic carbocycles. The Morgan fingerprint density at radius 3 is 2.75 bits per heavy atom. The van der Waals surface area contributed by atoms with Crippen LogP contribution in [-0.2, 0) is 13.6 Å². The van der Waals surface area contributed by atoms with E-state index in [1.165, 1.54) is 0 Å². The Balaban J connectivity index is 1.56. The van der Waals surface area contributed by atoms with Crippen molar-refractivity contribution in [3.05, 3.63) is 69.5 Å². The quantitative estimate of drug-likeness (QED) is 0.606. The van der Waals surface area contributed by atoms with E-state index < -0.39 is 6.10 Å². The zero-order valence-electron chi connectivity index (χ0n) is 15.8. The first-order chi connectivity index (χ1) is 13.5. The number of hydrogen-bond donors (Lipinski definition) is 2. The summed E-state index contributed by atoms with van der Waals surface area (Å²) in [4.78, 5) is 12.5. The van der Waals surface area contributed by atoms with E-state index in [1.807, 2.05) is 24.3 Å². The molecule has 1 aromatic heterocycles. The molecule has 0 aliphatic heterocycles. The van der Waals surface area contributed by atoms with E-state index >= 15 is 0 Å². The van der Waals surface area contributed by atoms with Crippen LogP contribution in [0.3, 0.4) is 0 Å². The highest BCUT2D eigenvalue weighted by Gasteiger charge is 2.09. The van der Waals surface area contributed by atoms with E-state index in [0.717, 1.165) is 10.9 Å². The van der Waals surface area contributed by atoms with E-state index in [1.54, 1.807) is 43.0 Å². The first-order valence-electron chi connectivity index (χ1n) is 8.91. The van der Waals surface area contributed by atoms with Crippen LogP contribution in [0.4, 0.5) is 0 Å².